The largest absolute Gasteiger partial charge is 0.355 e. The van der Waals surface area contributed by atoms with Crippen LogP contribution in [-0.2, 0) is 13.0 Å². The molecule has 1 aliphatic rings. The molecule has 1 amide bonds. The number of pyridine rings is 1. The molecule has 7 heteroatoms. The Morgan fingerprint density at radius 3 is 3.23 bits per heavy atom. The smallest absolute Gasteiger partial charge is 0.273 e. The lowest BCUT2D eigenvalue weighted by Gasteiger charge is -2.32. The first kappa shape index (κ1) is 16.9. The van der Waals surface area contributed by atoms with Gasteiger partial charge in [0, 0.05) is 54.6 Å². The summed E-state index contributed by atoms with van der Waals surface area (Å²) in [5.74, 6) is 0.321. The van der Waals surface area contributed by atoms with Crippen molar-refractivity contribution in [3.05, 3.63) is 58.2 Å². The number of fused-ring (bicyclic) bond motifs is 1. The molecule has 0 spiro atoms. The number of carbonyl (C=O) groups excluding carboxylic acids is 1. The third-order valence-electron chi connectivity index (χ3n) is 4.71. The van der Waals surface area contributed by atoms with E-state index in [-0.39, 0.29) is 17.6 Å². The maximum Gasteiger partial charge on any atom is 0.273 e. The van der Waals surface area contributed by atoms with Gasteiger partial charge >= 0.3 is 0 Å². The van der Waals surface area contributed by atoms with Crippen molar-refractivity contribution in [2.45, 2.75) is 25.9 Å². The lowest BCUT2D eigenvalue weighted by molar-refractivity contribution is 0.0924. The van der Waals surface area contributed by atoms with Crippen molar-refractivity contribution < 1.29 is 9.32 Å². The van der Waals surface area contributed by atoms with Gasteiger partial charge in [0.1, 0.15) is 0 Å². The normalized spacial score (nSPS) is 15.4. The molecule has 1 atom stereocenters. The Balaban J connectivity index is 1.33. The van der Waals surface area contributed by atoms with Crippen molar-refractivity contribution in [2.24, 2.45) is 0 Å². The van der Waals surface area contributed by atoms with Gasteiger partial charge in [-0.3, -0.25) is 14.7 Å². The Kier molecular flexibility index (Phi) is 4.81. The molecule has 3 aromatic heterocycles. The summed E-state index contributed by atoms with van der Waals surface area (Å²) >= 11 is 1.84. The highest BCUT2D eigenvalue weighted by Crippen LogP contribution is 2.25. The minimum atomic E-state index is -0.219. The van der Waals surface area contributed by atoms with Gasteiger partial charge in [-0.1, -0.05) is 5.16 Å². The number of thiophene rings is 1. The lowest BCUT2D eigenvalue weighted by atomic mass is 10.1. The minimum Gasteiger partial charge on any atom is -0.355 e. The van der Waals surface area contributed by atoms with Crippen molar-refractivity contribution in [3.8, 4) is 11.3 Å². The quantitative estimate of drug-likeness (QED) is 0.750. The molecule has 0 aromatic carbocycles. The monoisotopic (exact) mass is 368 g/mol. The Labute approximate surface area is 155 Å². The van der Waals surface area contributed by atoms with Crippen LogP contribution in [0, 0.1) is 0 Å². The molecule has 3 aromatic rings. The number of hydrogen-bond acceptors (Lipinski definition) is 6. The molecule has 4 heterocycles. The summed E-state index contributed by atoms with van der Waals surface area (Å²) in [4.78, 5) is 20.3. The Morgan fingerprint density at radius 1 is 1.46 bits per heavy atom. The van der Waals surface area contributed by atoms with E-state index in [1.807, 2.05) is 23.5 Å². The van der Waals surface area contributed by atoms with E-state index in [1.165, 1.54) is 10.4 Å². The number of aromatic nitrogens is 2. The zero-order chi connectivity index (χ0) is 17.9. The summed E-state index contributed by atoms with van der Waals surface area (Å²) in [6.07, 6.45) is 4.46. The molecule has 0 unspecified atom stereocenters. The fourth-order valence-corrected chi connectivity index (χ4v) is 4.02. The summed E-state index contributed by atoms with van der Waals surface area (Å²) in [7, 11) is 0. The second-order valence-electron chi connectivity index (χ2n) is 6.47. The standard InChI is InChI=1S/C19H20N4O2S/c1-13(23-7-4-18-15(12-23)5-8-26-18)10-21-19(24)16-9-17(25-22-16)14-3-2-6-20-11-14/h2-3,5-6,8-9,11,13H,4,7,10,12H2,1H3,(H,21,24)/t13-/m0/s1. The van der Waals surface area contributed by atoms with Crippen LogP contribution in [0.3, 0.4) is 0 Å². The van der Waals surface area contributed by atoms with E-state index in [4.69, 9.17) is 4.52 Å². The number of hydrogen-bond donors (Lipinski definition) is 1. The molecule has 0 radical (unpaired) electrons. The zero-order valence-corrected chi connectivity index (χ0v) is 15.3. The maximum absolute atomic E-state index is 12.4. The Hall–Kier alpha value is -2.51. The van der Waals surface area contributed by atoms with Crippen LogP contribution in [0.15, 0.2) is 46.6 Å². The minimum absolute atomic E-state index is 0.219. The van der Waals surface area contributed by atoms with E-state index in [0.29, 0.717) is 12.3 Å². The predicted octanol–water partition coefficient (Wildman–Crippen LogP) is 2.97. The Morgan fingerprint density at radius 2 is 2.38 bits per heavy atom. The molecule has 0 aliphatic carbocycles. The number of amides is 1. The van der Waals surface area contributed by atoms with E-state index in [9.17, 15) is 4.79 Å². The lowest BCUT2D eigenvalue weighted by Crippen LogP contribution is -2.44. The van der Waals surface area contributed by atoms with Crippen LogP contribution in [0.4, 0.5) is 0 Å². The van der Waals surface area contributed by atoms with Crippen LogP contribution in [-0.4, -0.2) is 40.1 Å². The summed E-state index contributed by atoms with van der Waals surface area (Å²) in [6, 6.07) is 7.79. The van der Waals surface area contributed by atoms with E-state index < -0.39 is 0 Å². The molecule has 134 valence electrons. The Bertz CT molecular complexity index is 890. The van der Waals surface area contributed by atoms with Crippen LogP contribution >= 0.6 is 11.3 Å². The van der Waals surface area contributed by atoms with Crippen molar-refractivity contribution >= 4 is 17.2 Å². The third kappa shape index (κ3) is 3.54. The summed E-state index contributed by atoms with van der Waals surface area (Å²) < 4.78 is 5.27. The molecular weight excluding hydrogens is 348 g/mol. The highest BCUT2D eigenvalue weighted by Gasteiger charge is 2.22. The van der Waals surface area contributed by atoms with Gasteiger partial charge in [-0.15, -0.1) is 11.3 Å². The number of rotatable bonds is 5. The molecule has 0 bridgehead atoms. The van der Waals surface area contributed by atoms with Crippen molar-refractivity contribution in [1.82, 2.24) is 20.4 Å². The van der Waals surface area contributed by atoms with Crippen LogP contribution in [0.25, 0.3) is 11.3 Å². The van der Waals surface area contributed by atoms with Crippen molar-refractivity contribution in [3.63, 3.8) is 0 Å². The first-order valence-corrected chi connectivity index (χ1v) is 9.53. The van der Waals surface area contributed by atoms with E-state index in [0.717, 1.165) is 25.1 Å². The van der Waals surface area contributed by atoms with Gasteiger partial charge in [0.2, 0.25) is 0 Å². The van der Waals surface area contributed by atoms with Crippen molar-refractivity contribution in [1.29, 1.82) is 0 Å². The van der Waals surface area contributed by atoms with Crippen LogP contribution in [0.2, 0.25) is 0 Å². The molecule has 1 N–H and O–H groups in total. The van der Waals surface area contributed by atoms with Crippen LogP contribution < -0.4 is 5.32 Å². The van der Waals surface area contributed by atoms with Gasteiger partial charge in [0.25, 0.3) is 5.91 Å². The second-order valence-corrected chi connectivity index (χ2v) is 7.47. The van der Waals surface area contributed by atoms with Crippen LogP contribution in [0.5, 0.6) is 0 Å². The second kappa shape index (κ2) is 7.39. The van der Waals surface area contributed by atoms with Crippen LogP contribution in [0.1, 0.15) is 27.9 Å². The number of nitrogens with zero attached hydrogens (tertiary/aromatic N) is 3. The van der Waals surface area contributed by atoms with E-state index in [2.05, 4.69) is 38.7 Å². The molecule has 6 nitrogen and oxygen atoms in total. The van der Waals surface area contributed by atoms with Gasteiger partial charge in [0.05, 0.1) is 0 Å². The molecule has 0 saturated heterocycles. The van der Waals surface area contributed by atoms with Gasteiger partial charge in [0.15, 0.2) is 11.5 Å². The summed E-state index contributed by atoms with van der Waals surface area (Å²) in [5.41, 5.74) is 2.50. The van der Waals surface area contributed by atoms with Gasteiger partial charge < -0.3 is 9.84 Å². The predicted molar refractivity (Wildman–Crippen MR) is 100.0 cm³/mol. The zero-order valence-electron chi connectivity index (χ0n) is 14.5. The maximum atomic E-state index is 12.4. The molecule has 26 heavy (non-hydrogen) atoms. The molecule has 4 rings (SSSR count). The number of carbonyl (C=O) groups is 1. The average Bonchev–Trinajstić information content (AvgIpc) is 3.35. The highest BCUT2D eigenvalue weighted by molar-refractivity contribution is 7.10. The SMILES string of the molecule is C[C@@H](CNC(=O)c1cc(-c2cccnc2)on1)N1CCc2sccc2C1. The highest BCUT2D eigenvalue weighted by atomic mass is 32.1. The first-order valence-electron chi connectivity index (χ1n) is 8.65. The van der Waals surface area contributed by atoms with Crippen molar-refractivity contribution in [2.75, 3.05) is 13.1 Å². The third-order valence-corrected chi connectivity index (χ3v) is 5.73. The summed E-state index contributed by atoms with van der Waals surface area (Å²) in [5, 5.41) is 9.00. The van der Waals surface area contributed by atoms with Gasteiger partial charge in [-0.2, -0.15) is 0 Å². The first-order chi connectivity index (χ1) is 12.7. The average molecular weight is 368 g/mol. The number of nitrogens with one attached hydrogen (secondary N) is 1. The molecule has 0 saturated carbocycles. The molecular formula is C19H20N4O2S. The molecule has 0 fully saturated rings. The fraction of sp³-hybridized carbons (Fsp3) is 0.316. The fourth-order valence-electron chi connectivity index (χ4n) is 3.13. The molecule has 1 aliphatic heterocycles. The van der Waals surface area contributed by atoms with Gasteiger partial charge in [-0.05, 0) is 42.5 Å². The van der Waals surface area contributed by atoms with E-state index >= 15 is 0 Å². The summed E-state index contributed by atoms with van der Waals surface area (Å²) in [6.45, 7) is 4.69. The van der Waals surface area contributed by atoms with Gasteiger partial charge in [-0.25, -0.2) is 0 Å². The topological polar surface area (TPSA) is 71.3 Å². The van der Waals surface area contributed by atoms with E-state index in [1.54, 1.807) is 18.5 Å².